The first-order valence-corrected chi connectivity index (χ1v) is 10.6. The van der Waals surface area contributed by atoms with Crippen LogP contribution in [0, 0.1) is 0 Å². The Morgan fingerprint density at radius 1 is 1.00 bits per heavy atom. The van der Waals surface area contributed by atoms with Crippen LogP contribution in [0.15, 0.2) is 59.1 Å². The van der Waals surface area contributed by atoms with Crippen molar-refractivity contribution in [1.82, 2.24) is 10.2 Å². The smallest absolute Gasteiger partial charge is 0.243 e. The van der Waals surface area contributed by atoms with E-state index in [1.165, 1.54) is 0 Å². The van der Waals surface area contributed by atoms with Crippen LogP contribution in [-0.2, 0) is 22.6 Å². The number of rotatable bonds is 9. The van der Waals surface area contributed by atoms with Gasteiger partial charge in [0.2, 0.25) is 11.8 Å². The van der Waals surface area contributed by atoms with E-state index in [0.717, 1.165) is 22.0 Å². The lowest BCUT2D eigenvalue weighted by molar-refractivity contribution is -0.141. The fraction of sp³-hybridized carbons (Fsp3) is 0.391. The van der Waals surface area contributed by atoms with Crippen LogP contribution in [0.5, 0.6) is 0 Å². The minimum absolute atomic E-state index is 0.00487. The van der Waals surface area contributed by atoms with E-state index in [4.69, 9.17) is 0 Å². The van der Waals surface area contributed by atoms with Gasteiger partial charge in [-0.05, 0) is 43.5 Å². The highest BCUT2D eigenvalue weighted by Crippen LogP contribution is 2.18. The molecule has 4 nitrogen and oxygen atoms in total. The van der Waals surface area contributed by atoms with Crippen molar-refractivity contribution in [2.75, 3.05) is 0 Å². The lowest BCUT2D eigenvalue weighted by Crippen LogP contribution is -2.51. The summed E-state index contributed by atoms with van der Waals surface area (Å²) in [7, 11) is 0. The highest BCUT2D eigenvalue weighted by Gasteiger charge is 2.30. The molecule has 150 valence electrons. The SMILES string of the molecule is CCCC(=O)N(Cc1ccc(Br)cc1)[C@@H](Cc1ccccc1)C(=O)NC(C)C. The van der Waals surface area contributed by atoms with E-state index >= 15 is 0 Å². The number of nitrogens with zero attached hydrogens (tertiary/aromatic N) is 1. The van der Waals surface area contributed by atoms with Gasteiger partial charge in [-0.15, -0.1) is 0 Å². The Kier molecular flexibility index (Phi) is 8.71. The van der Waals surface area contributed by atoms with Gasteiger partial charge in [0.1, 0.15) is 6.04 Å². The third kappa shape index (κ3) is 6.79. The van der Waals surface area contributed by atoms with E-state index in [2.05, 4.69) is 21.2 Å². The van der Waals surface area contributed by atoms with Crippen molar-refractivity contribution in [2.45, 2.75) is 58.7 Å². The molecule has 0 radical (unpaired) electrons. The quantitative estimate of drug-likeness (QED) is 0.608. The topological polar surface area (TPSA) is 49.4 Å². The van der Waals surface area contributed by atoms with Crippen LogP contribution in [-0.4, -0.2) is 28.8 Å². The zero-order valence-corrected chi connectivity index (χ0v) is 18.4. The minimum Gasteiger partial charge on any atom is -0.352 e. The molecule has 0 aliphatic rings. The van der Waals surface area contributed by atoms with E-state index in [0.29, 0.717) is 19.4 Å². The molecule has 2 aromatic carbocycles. The van der Waals surface area contributed by atoms with Crippen molar-refractivity contribution < 1.29 is 9.59 Å². The van der Waals surface area contributed by atoms with Gasteiger partial charge in [-0.1, -0.05) is 65.3 Å². The van der Waals surface area contributed by atoms with Gasteiger partial charge in [0, 0.05) is 29.9 Å². The van der Waals surface area contributed by atoms with Crippen LogP contribution in [0.1, 0.15) is 44.7 Å². The molecule has 0 aliphatic carbocycles. The van der Waals surface area contributed by atoms with Gasteiger partial charge in [0.25, 0.3) is 0 Å². The molecule has 0 spiro atoms. The van der Waals surface area contributed by atoms with E-state index in [-0.39, 0.29) is 17.9 Å². The van der Waals surface area contributed by atoms with Gasteiger partial charge in [-0.3, -0.25) is 9.59 Å². The van der Waals surface area contributed by atoms with Gasteiger partial charge in [-0.2, -0.15) is 0 Å². The number of benzene rings is 2. The summed E-state index contributed by atoms with van der Waals surface area (Å²) in [5.74, 6) is -0.106. The number of carbonyl (C=O) groups is 2. The van der Waals surface area contributed by atoms with Crippen molar-refractivity contribution in [3.8, 4) is 0 Å². The standard InChI is InChI=1S/C23H29BrN2O2/c1-4-8-22(27)26(16-19-11-13-20(24)14-12-19)21(23(28)25-17(2)3)15-18-9-6-5-7-10-18/h5-7,9-14,17,21H,4,8,15-16H2,1-3H3,(H,25,28)/t21-/m0/s1. The second-order valence-electron chi connectivity index (χ2n) is 7.27. The normalized spacial score (nSPS) is 11.9. The average Bonchev–Trinajstić information content (AvgIpc) is 2.66. The van der Waals surface area contributed by atoms with Gasteiger partial charge >= 0.3 is 0 Å². The monoisotopic (exact) mass is 444 g/mol. The maximum absolute atomic E-state index is 13.0. The van der Waals surface area contributed by atoms with Gasteiger partial charge in [0.15, 0.2) is 0 Å². The molecule has 0 aliphatic heterocycles. The summed E-state index contributed by atoms with van der Waals surface area (Å²) in [5, 5.41) is 3.00. The predicted octanol–water partition coefficient (Wildman–Crippen LogP) is 4.71. The zero-order valence-electron chi connectivity index (χ0n) is 16.8. The Morgan fingerprint density at radius 3 is 2.21 bits per heavy atom. The molecule has 1 atom stereocenters. The van der Waals surface area contributed by atoms with Crippen LogP contribution >= 0.6 is 15.9 Å². The van der Waals surface area contributed by atoms with Crippen LogP contribution in [0.2, 0.25) is 0 Å². The minimum atomic E-state index is -0.549. The maximum Gasteiger partial charge on any atom is 0.243 e. The largest absolute Gasteiger partial charge is 0.352 e. The number of nitrogens with one attached hydrogen (secondary N) is 1. The Bertz CT molecular complexity index is 760. The summed E-state index contributed by atoms with van der Waals surface area (Å²) in [5.41, 5.74) is 2.04. The molecule has 0 aromatic heterocycles. The van der Waals surface area contributed by atoms with Crippen molar-refractivity contribution >= 4 is 27.7 Å². The van der Waals surface area contributed by atoms with Crippen molar-refractivity contribution in [1.29, 1.82) is 0 Å². The number of halogens is 1. The summed E-state index contributed by atoms with van der Waals surface area (Å²) >= 11 is 3.44. The molecule has 0 heterocycles. The molecule has 0 saturated carbocycles. The number of hydrogen-bond acceptors (Lipinski definition) is 2. The van der Waals surface area contributed by atoms with E-state index in [1.807, 2.05) is 75.4 Å². The number of amides is 2. The Balaban J connectivity index is 2.35. The van der Waals surface area contributed by atoms with E-state index in [9.17, 15) is 9.59 Å². The van der Waals surface area contributed by atoms with Crippen molar-refractivity contribution in [3.63, 3.8) is 0 Å². The Morgan fingerprint density at radius 2 is 1.64 bits per heavy atom. The summed E-state index contributed by atoms with van der Waals surface area (Å²) in [4.78, 5) is 27.7. The predicted molar refractivity (Wildman–Crippen MR) is 117 cm³/mol. The van der Waals surface area contributed by atoms with E-state index in [1.54, 1.807) is 4.90 Å². The average molecular weight is 445 g/mol. The van der Waals surface area contributed by atoms with Crippen molar-refractivity contribution in [2.24, 2.45) is 0 Å². The lowest BCUT2D eigenvalue weighted by atomic mass is 10.0. The van der Waals surface area contributed by atoms with Crippen LogP contribution in [0.25, 0.3) is 0 Å². The second-order valence-corrected chi connectivity index (χ2v) is 8.18. The summed E-state index contributed by atoms with van der Waals surface area (Å²) in [6.45, 7) is 6.26. The van der Waals surface area contributed by atoms with Crippen molar-refractivity contribution in [3.05, 3.63) is 70.2 Å². The Labute approximate surface area is 176 Å². The molecule has 2 aromatic rings. The highest BCUT2D eigenvalue weighted by molar-refractivity contribution is 9.10. The van der Waals surface area contributed by atoms with Gasteiger partial charge in [-0.25, -0.2) is 0 Å². The second kappa shape index (κ2) is 11.0. The van der Waals surface area contributed by atoms with Crippen LogP contribution < -0.4 is 5.32 Å². The molecule has 0 bridgehead atoms. The van der Waals surface area contributed by atoms with E-state index < -0.39 is 6.04 Å². The fourth-order valence-electron chi connectivity index (χ4n) is 3.08. The summed E-state index contributed by atoms with van der Waals surface area (Å²) < 4.78 is 0.987. The Hall–Kier alpha value is -2.14. The molecule has 2 rings (SSSR count). The molecule has 1 N–H and O–H groups in total. The molecule has 0 fully saturated rings. The molecular weight excluding hydrogens is 416 g/mol. The summed E-state index contributed by atoms with van der Waals surface area (Å²) in [6.07, 6.45) is 1.67. The van der Waals surface area contributed by atoms with Gasteiger partial charge in [0.05, 0.1) is 0 Å². The van der Waals surface area contributed by atoms with Crippen LogP contribution in [0.3, 0.4) is 0 Å². The maximum atomic E-state index is 13.0. The first-order valence-electron chi connectivity index (χ1n) is 9.79. The number of hydrogen-bond donors (Lipinski definition) is 1. The fourth-order valence-corrected chi connectivity index (χ4v) is 3.34. The lowest BCUT2D eigenvalue weighted by Gasteiger charge is -2.32. The molecule has 2 amide bonds. The van der Waals surface area contributed by atoms with Gasteiger partial charge < -0.3 is 10.2 Å². The summed E-state index contributed by atoms with van der Waals surface area (Å²) in [6, 6.07) is 17.2. The molecule has 0 unspecified atom stereocenters. The highest BCUT2D eigenvalue weighted by atomic mass is 79.9. The first-order chi connectivity index (χ1) is 13.4. The third-order valence-electron chi connectivity index (χ3n) is 4.43. The zero-order chi connectivity index (χ0) is 20.5. The number of carbonyl (C=O) groups excluding carboxylic acids is 2. The molecule has 28 heavy (non-hydrogen) atoms. The molecule has 0 saturated heterocycles. The first kappa shape index (κ1) is 22.2. The molecular formula is C23H29BrN2O2. The third-order valence-corrected chi connectivity index (χ3v) is 4.96. The molecule has 5 heteroatoms. The van der Waals surface area contributed by atoms with Crippen LogP contribution in [0.4, 0.5) is 0 Å².